The zero-order valence-electron chi connectivity index (χ0n) is 13.6. The summed E-state index contributed by atoms with van der Waals surface area (Å²) in [6.45, 7) is 4.22. The van der Waals surface area contributed by atoms with E-state index in [0.29, 0.717) is 19.4 Å². The van der Waals surface area contributed by atoms with Crippen LogP contribution in [0.5, 0.6) is 0 Å². The number of carboxylic acids is 2. The number of imide groups is 1. The van der Waals surface area contributed by atoms with E-state index in [1.807, 2.05) is 13.8 Å². The Kier molecular flexibility index (Phi) is 6.53. The van der Waals surface area contributed by atoms with Gasteiger partial charge < -0.3 is 15.1 Å². The van der Waals surface area contributed by atoms with E-state index in [1.165, 1.54) is 4.90 Å². The number of rotatable bonds is 10. The smallest absolute Gasteiger partial charge is 0.327 e. The van der Waals surface area contributed by atoms with Crippen molar-refractivity contribution in [2.24, 2.45) is 0 Å². The molecule has 0 saturated carbocycles. The monoisotopic (exact) mass is 328 g/mol. The summed E-state index contributed by atoms with van der Waals surface area (Å²) in [6.07, 6.45) is 0.463. The molecule has 8 heteroatoms. The van der Waals surface area contributed by atoms with E-state index < -0.39 is 29.4 Å². The summed E-state index contributed by atoms with van der Waals surface area (Å²) in [5.74, 6) is -2.63. The average Bonchev–Trinajstić information content (AvgIpc) is 2.67. The van der Waals surface area contributed by atoms with Gasteiger partial charge >= 0.3 is 18.0 Å². The normalized spacial score (nSPS) is 17.0. The first-order valence-corrected chi connectivity index (χ1v) is 7.87. The third-order valence-corrected chi connectivity index (χ3v) is 4.02. The summed E-state index contributed by atoms with van der Waals surface area (Å²) in [6, 6.07) is -0.450. The first-order valence-electron chi connectivity index (χ1n) is 7.87. The highest BCUT2D eigenvalue weighted by Crippen LogP contribution is 2.36. The van der Waals surface area contributed by atoms with Crippen LogP contribution in [0.1, 0.15) is 52.4 Å². The molecule has 1 heterocycles. The summed E-state index contributed by atoms with van der Waals surface area (Å²) in [5, 5.41) is 17.9. The van der Waals surface area contributed by atoms with E-state index in [4.69, 9.17) is 10.2 Å². The van der Waals surface area contributed by atoms with Crippen molar-refractivity contribution in [3.63, 3.8) is 0 Å². The van der Waals surface area contributed by atoms with Gasteiger partial charge in [0.25, 0.3) is 5.91 Å². The Bertz CT molecular complexity index is 472. The molecule has 0 bridgehead atoms. The summed E-state index contributed by atoms with van der Waals surface area (Å²) in [4.78, 5) is 49.8. The number of nitrogens with zero attached hydrogens (tertiary/aromatic N) is 2. The molecule has 130 valence electrons. The van der Waals surface area contributed by atoms with Gasteiger partial charge in [0.1, 0.15) is 5.54 Å². The number of carboxylic acid groups (broad SMARTS) is 2. The second-order valence-electron chi connectivity index (χ2n) is 5.71. The summed E-state index contributed by atoms with van der Waals surface area (Å²) in [7, 11) is 0. The Labute approximate surface area is 135 Å². The number of urea groups is 1. The highest BCUT2D eigenvalue weighted by Gasteiger charge is 2.56. The third kappa shape index (κ3) is 4.00. The molecule has 1 fully saturated rings. The van der Waals surface area contributed by atoms with Crippen molar-refractivity contribution in [2.45, 2.75) is 57.9 Å². The zero-order valence-corrected chi connectivity index (χ0v) is 13.6. The molecule has 0 aliphatic carbocycles. The van der Waals surface area contributed by atoms with Crippen LogP contribution in [-0.4, -0.2) is 62.5 Å². The van der Waals surface area contributed by atoms with Gasteiger partial charge in [-0.3, -0.25) is 19.3 Å². The van der Waals surface area contributed by atoms with Crippen LogP contribution >= 0.6 is 0 Å². The lowest BCUT2D eigenvalue weighted by Crippen LogP contribution is -2.50. The highest BCUT2D eigenvalue weighted by atomic mass is 16.4. The van der Waals surface area contributed by atoms with Gasteiger partial charge in [0.2, 0.25) is 0 Å². The molecule has 8 nitrogen and oxygen atoms in total. The van der Waals surface area contributed by atoms with Crippen molar-refractivity contribution in [1.82, 2.24) is 9.80 Å². The van der Waals surface area contributed by atoms with Crippen LogP contribution in [0.4, 0.5) is 4.79 Å². The van der Waals surface area contributed by atoms with Crippen molar-refractivity contribution in [1.29, 1.82) is 0 Å². The molecule has 1 saturated heterocycles. The average molecular weight is 328 g/mol. The molecular formula is C15H24N2O6. The van der Waals surface area contributed by atoms with Crippen molar-refractivity contribution >= 4 is 23.9 Å². The minimum atomic E-state index is -1.36. The summed E-state index contributed by atoms with van der Waals surface area (Å²) >= 11 is 0. The van der Waals surface area contributed by atoms with Crippen molar-refractivity contribution in [3.8, 4) is 0 Å². The van der Waals surface area contributed by atoms with E-state index in [1.54, 1.807) is 0 Å². The molecule has 0 radical (unpaired) electrons. The third-order valence-electron chi connectivity index (χ3n) is 4.02. The molecule has 0 unspecified atom stereocenters. The number of hydrogen-bond donors (Lipinski definition) is 2. The fourth-order valence-corrected chi connectivity index (χ4v) is 2.97. The lowest BCUT2D eigenvalue weighted by atomic mass is 9.86. The van der Waals surface area contributed by atoms with E-state index in [-0.39, 0.29) is 32.2 Å². The molecule has 23 heavy (non-hydrogen) atoms. The van der Waals surface area contributed by atoms with Crippen LogP contribution in [-0.2, 0) is 14.4 Å². The number of carbonyl (C=O) groups excluding carboxylic acids is 2. The van der Waals surface area contributed by atoms with E-state index >= 15 is 0 Å². The van der Waals surface area contributed by atoms with Crippen LogP contribution in [0.25, 0.3) is 0 Å². The Hall–Kier alpha value is -2.12. The minimum absolute atomic E-state index is 0.0690. The molecule has 2 N–H and O–H groups in total. The van der Waals surface area contributed by atoms with Gasteiger partial charge in [-0.15, -0.1) is 0 Å². The van der Waals surface area contributed by atoms with Crippen LogP contribution in [0, 0.1) is 0 Å². The molecule has 3 amide bonds. The van der Waals surface area contributed by atoms with Gasteiger partial charge in [-0.1, -0.05) is 13.8 Å². The predicted molar refractivity (Wildman–Crippen MR) is 80.9 cm³/mol. The lowest BCUT2D eigenvalue weighted by molar-refractivity contribution is -0.140. The topological polar surface area (TPSA) is 115 Å². The maximum absolute atomic E-state index is 12.8. The summed E-state index contributed by atoms with van der Waals surface area (Å²) in [5.41, 5.74) is -1.36. The zero-order chi connectivity index (χ0) is 17.6. The molecule has 1 aliphatic heterocycles. The number of amides is 3. The minimum Gasteiger partial charge on any atom is -0.481 e. The molecule has 0 atom stereocenters. The Morgan fingerprint density at radius 3 is 1.83 bits per heavy atom. The quantitative estimate of drug-likeness (QED) is 0.588. The molecule has 1 rings (SSSR count). The molecule has 0 aromatic heterocycles. The van der Waals surface area contributed by atoms with Gasteiger partial charge in [0.15, 0.2) is 0 Å². The van der Waals surface area contributed by atoms with Crippen molar-refractivity contribution in [3.05, 3.63) is 0 Å². The van der Waals surface area contributed by atoms with Crippen molar-refractivity contribution in [2.75, 3.05) is 13.1 Å². The fourth-order valence-electron chi connectivity index (χ4n) is 2.97. The van der Waals surface area contributed by atoms with E-state index in [2.05, 4.69) is 0 Å². The standard InChI is InChI=1S/C15H24N2O6/c1-3-9-16-13(22)15(7-5-11(18)19,8-6-12(20)21)17(10-4-2)14(16)23/h3-10H2,1-2H3,(H,18,19)(H,20,21). The van der Waals surface area contributed by atoms with Crippen LogP contribution in [0.15, 0.2) is 0 Å². The number of hydrogen-bond acceptors (Lipinski definition) is 4. The van der Waals surface area contributed by atoms with Crippen LogP contribution < -0.4 is 0 Å². The Balaban J connectivity index is 3.21. The second-order valence-corrected chi connectivity index (χ2v) is 5.71. The first kappa shape index (κ1) is 18.9. The molecule has 0 aromatic carbocycles. The SMILES string of the molecule is CCCN1C(=O)N(CCC)C(CCC(=O)O)(CCC(=O)O)C1=O. The predicted octanol–water partition coefficient (Wildman–Crippen LogP) is 1.54. The van der Waals surface area contributed by atoms with Crippen molar-refractivity contribution < 1.29 is 29.4 Å². The number of aliphatic carboxylic acids is 2. The van der Waals surface area contributed by atoms with Gasteiger partial charge in [0, 0.05) is 25.9 Å². The highest BCUT2D eigenvalue weighted by molar-refractivity contribution is 6.07. The van der Waals surface area contributed by atoms with E-state index in [0.717, 1.165) is 4.90 Å². The maximum Gasteiger partial charge on any atom is 0.327 e. The van der Waals surface area contributed by atoms with Crippen LogP contribution in [0.2, 0.25) is 0 Å². The Morgan fingerprint density at radius 1 is 0.957 bits per heavy atom. The molecule has 0 spiro atoms. The fraction of sp³-hybridized carbons (Fsp3) is 0.733. The van der Waals surface area contributed by atoms with E-state index in [9.17, 15) is 19.2 Å². The van der Waals surface area contributed by atoms with Gasteiger partial charge in [-0.2, -0.15) is 0 Å². The maximum atomic E-state index is 12.8. The molecular weight excluding hydrogens is 304 g/mol. The summed E-state index contributed by atoms with van der Waals surface area (Å²) < 4.78 is 0. The largest absolute Gasteiger partial charge is 0.481 e. The van der Waals surface area contributed by atoms with Gasteiger partial charge in [-0.05, 0) is 25.7 Å². The molecule has 0 aromatic rings. The van der Waals surface area contributed by atoms with Gasteiger partial charge in [0.05, 0.1) is 0 Å². The second kappa shape index (κ2) is 7.94. The first-order chi connectivity index (χ1) is 10.8. The van der Waals surface area contributed by atoms with Crippen LogP contribution in [0.3, 0.4) is 0 Å². The van der Waals surface area contributed by atoms with Gasteiger partial charge in [-0.25, -0.2) is 4.79 Å². The lowest BCUT2D eigenvalue weighted by Gasteiger charge is -2.34. The number of carbonyl (C=O) groups is 4. The molecule has 1 aliphatic rings. The Morgan fingerprint density at radius 2 is 1.43 bits per heavy atom.